The number of pyridine rings is 1. The third kappa shape index (κ3) is 4.07. The topological polar surface area (TPSA) is 34.1 Å². The predicted octanol–water partition coefficient (Wildman–Crippen LogP) is 3.72. The van der Waals surface area contributed by atoms with Gasteiger partial charge in [0.15, 0.2) is 0 Å². The first kappa shape index (κ1) is 14.5. The lowest BCUT2D eigenvalue weighted by Crippen LogP contribution is -2.19. The lowest BCUT2D eigenvalue weighted by Gasteiger charge is -2.18. The molecule has 0 bridgehead atoms. The fraction of sp³-hybridized carbons (Fsp3) is 0.353. The number of para-hydroxylation sites is 1. The highest BCUT2D eigenvalue weighted by atomic mass is 16.5. The quantitative estimate of drug-likeness (QED) is 0.832. The van der Waals surface area contributed by atoms with Gasteiger partial charge in [0.25, 0.3) is 0 Å². The molecule has 0 fully saturated rings. The van der Waals surface area contributed by atoms with Gasteiger partial charge in [0.2, 0.25) is 0 Å². The molecule has 0 saturated heterocycles. The summed E-state index contributed by atoms with van der Waals surface area (Å²) in [4.78, 5) is 4.10. The van der Waals surface area contributed by atoms with Gasteiger partial charge in [0.1, 0.15) is 12.4 Å². The number of ether oxygens (including phenoxy) is 1. The predicted molar refractivity (Wildman–Crippen MR) is 81.7 cm³/mol. The first-order chi connectivity index (χ1) is 9.81. The molecule has 0 saturated carbocycles. The van der Waals surface area contributed by atoms with E-state index in [4.69, 9.17) is 4.74 Å². The smallest absolute Gasteiger partial charge is 0.124 e. The Morgan fingerprint density at radius 1 is 1.20 bits per heavy atom. The van der Waals surface area contributed by atoms with E-state index in [0.29, 0.717) is 12.6 Å². The number of benzene rings is 1. The van der Waals surface area contributed by atoms with Crippen LogP contribution >= 0.6 is 0 Å². The van der Waals surface area contributed by atoms with Crippen molar-refractivity contribution in [1.29, 1.82) is 0 Å². The monoisotopic (exact) mass is 270 g/mol. The lowest BCUT2D eigenvalue weighted by atomic mass is 10.1. The molecule has 1 aromatic carbocycles. The molecule has 3 nitrogen and oxygen atoms in total. The molecular weight excluding hydrogens is 248 g/mol. The van der Waals surface area contributed by atoms with Gasteiger partial charge >= 0.3 is 0 Å². The van der Waals surface area contributed by atoms with Crippen molar-refractivity contribution in [3.05, 3.63) is 59.9 Å². The highest BCUT2D eigenvalue weighted by Gasteiger charge is 2.10. The van der Waals surface area contributed by atoms with Crippen molar-refractivity contribution in [2.75, 3.05) is 6.54 Å². The maximum absolute atomic E-state index is 5.94. The van der Waals surface area contributed by atoms with Crippen molar-refractivity contribution in [2.24, 2.45) is 0 Å². The minimum Gasteiger partial charge on any atom is -0.489 e. The van der Waals surface area contributed by atoms with Gasteiger partial charge in [-0.15, -0.1) is 0 Å². The van der Waals surface area contributed by atoms with Crippen molar-refractivity contribution in [3.63, 3.8) is 0 Å². The molecule has 0 aliphatic rings. The van der Waals surface area contributed by atoms with Crippen molar-refractivity contribution < 1.29 is 4.74 Å². The van der Waals surface area contributed by atoms with E-state index < -0.39 is 0 Å². The van der Waals surface area contributed by atoms with E-state index in [1.807, 2.05) is 30.5 Å². The SMILES string of the molecule is CCCNC(C)c1ccccc1OCc1cccnc1. The average Bonchev–Trinajstić information content (AvgIpc) is 2.52. The van der Waals surface area contributed by atoms with E-state index in [-0.39, 0.29) is 0 Å². The van der Waals surface area contributed by atoms with E-state index in [0.717, 1.165) is 24.3 Å². The molecule has 0 aliphatic carbocycles. The van der Waals surface area contributed by atoms with Crippen LogP contribution in [-0.2, 0) is 6.61 Å². The Hall–Kier alpha value is -1.87. The Labute approximate surface area is 121 Å². The summed E-state index contributed by atoms with van der Waals surface area (Å²) < 4.78 is 5.94. The van der Waals surface area contributed by atoms with Crippen LogP contribution in [-0.4, -0.2) is 11.5 Å². The molecular formula is C17H22N2O. The van der Waals surface area contributed by atoms with Gasteiger partial charge in [-0.05, 0) is 32.0 Å². The zero-order valence-electron chi connectivity index (χ0n) is 12.2. The van der Waals surface area contributed by atoms with E-state index in [1.165, 1.54) is 5.56 Å². The van der Waals surface area contributed by atoms with Gasteiger partial charge < -0.3 is 10.1 Å². The minimum absolute atomic E-state index is 0.292. The van der Waals surface area contributed by atoms with Crippen LogP contribution in [0, 0.1) is 0 Å². The molecule has 1 N–H and O–H groups in total. The molecule has 2 rings (SSSR count). The van der Waals surface area contributed by atoms with Crippen molar-refractivity contribution in [1.82, 2.24) is 10.3 Å². The van der Waals surface area contributed by atoms with Gasteiger partial charge in [-0.2, -0.15) is 0 Å². The average molecular weight is 270 g/mol. The van der Waals surface area contributed by atoms with Crippen LogP contribution in [0.4, 0.5) is 0 Å². The molecule has 0 radical (unpaired) electrons. The van der Waals surface area contributed by atoms with E-state index in [2.05, 4.69) is 36.3 Å². The molecule has 2 aromatic rings. The molecule has 1 aromatic heterocycles. The molecule has 0 spiro atoms. The Kier molecular flexibility index (Phi) is 5.56. The van der Waals surface area contributed by atoms with Gasteiger partial charge in [-0.3, -0.25) is 4.98 Å². The summed E-state index contributed by atoms with van der Waals surface area (Å²) in [5.41, 5.74) is 2.28. The zero-order valence-corrected chi connectivity index (χ0v) is 12.2. The highest BCUT2D eigenvalue weighted by molar-refractivity contribution is 5.35. The van der Waals surface area contributed by atoms with Crippen LogP contribution in [0.2, 0.25) is 0 Å². The highest BCUT2D eigenvalue weighted by Crippen LogP contribution is 2.25. The third-order valence-corrected chi connectivity index (χ3v) is 3.20. The zero-order chi connectivity index (χ0) is 14.2. The second-order valence-corrected chi connectivity index (χ2v) is 4.86. The van der Waals surface area contributed by atoms with Crippen molar-refractivity contribution in [3.8, 4) is 5.75 Å². The summed E-state index contributed by atoms with van der Waals surface area (Å²) in [5.74, 6) is 0.937. The van der Waals surface area contributed by atoms with E-state index >= 15 is 0 Å². The lowest BCUT2D eigenvalue weighted by molar-refractivity contribution is 0.299. The van der Waals surface area contributed by atoms with Crippen LogP contribution in [0.25, 0.3) is 0 Å². The number of rotatable bonds is 7. The molecule has 106 valence electrons. The fourth-order valence-corrected chi connectivity index (χ4v) is 2.09. The van der Waals surface area contributed by atoms with Crippen molar-refractivity contribution >= 4 is 0 Å². The Balaban J connectivity index is 2.04. The second-order valence-electron chi connectivity index (χ2n) is 4.86. The molecule has 3 heteroatoms. The normalized spacial score (nSPS) is 12.1. The summed E-state index contributed by atoms with van der Waals surface area (Å²) in [6, 6.07) is 12.4. The van der Waals surface area contributed by atoms with Gasteiger partial charge in [0.05, 0.1) is 0 Å². The summed E-state index contributed by atoms with van der Waals surface area (Å²) in [6.07, 6.45) is 4.73. The molecule has 20 heavy (non-hydrogen) atoms. The van der Waals surface area contributed by atoms with Gasteiger partial charge in [-0.1, -0.05) is 31.2 Å². The standard InChI is InChI=1S/C17H22N2O/c1-3-10-19-14(2)16-8-4-5-9-17(16)20-13-15-7-6-11-18-12-15/h4-9,11-12,14,19H,3,10,13H2,1-2H3. The van der Waals surface area contributed by atoms with Crippen LogP contribution in [0.3, 0.4) is 0 Å². The number of nitrogens with one attached hydrogen (secondary N) is 1. The Morgan fingerprint density at radius 3 is 2.80 bits per heavy atom. The minimum atomic E-state index is 0.292. The molecule has 0 aliphatic heterocycles. The Bertz CT molecular complexity index is 513. The van der Waals surface area contributed by atoms with E-state index in [1.54, 1.807) is 6.20 Å². The first-order valence-electron chi connectivity index (χ1n) is 7.15. The number of nitrogens with zero attached hydrogens (tertiary/aromatic N) is 1. The summed E-state index contributed by atoms with van der Waals surface area (Å²) in [7, 11) is 0. The van der Waals surface area contributed by atoms with Crippen LogP contribution < -0.4 is 10.1 Å². The number of hydrogen-bond acceptors (Lipinski definition) is 3. The van der Waals surface area contributed by atoms with Gasteiger partial charge in [-0.25, -0.2) is 0 Å². The summed E-state index contributed by atoms with van der Waals surface area (Å²) >= 11 is 0. The maximum Gasteiger partial charge on any atom is 0.124 e. The fourth-order valence-electron chi connectivity index (χ4n) is 2.09. The van der Waals surface area contributed by atoms with Crippen LogP contribution in [0.5, 0.6) is 5.75 Å². The van der Waals surface area contributed by atoms with Crippen LogP contribution in [0.15, 0.2) is 48.8 Å². The van der Waals surface area contributed by atoms with Crippen molar-refractivity contribution in [2.45, 2.75) is 32.9 Å². The van der Waals surface area contributed by atoms with E-state index in [9.17, 15) is 0 Å². The Morgan fingerprint density at radius 2 is 2.05 bits per heavy atom. The number of aromatic nitrogens is 1. The summed E-state index contributed by atoms with van der Waals surface area (Å²) in [6.45, 7) is 5.90. The molecule has 0 amide bonds. The summed E-state index contributed by atoms with van der Waals surface area (Å²) in [5, 5.41) is 3.49. The number of hydrogen-bond donors (Lipinski definition) is 1. The second kappa shape index (κ2) is 7.65. The maximum atomic E-state index is 5.94. The molecule has 1 atom stereocenters. The first-order valence-corrected chi connectivity index (χ1v) is 7.15. The third-order valence-electron chi connectivity index (χ3n) is 3.20. The van der Waals surface area contributed by atoms with Crippen LogP contribution in [0.1, 0.15) is 37.4 Å². The molecule has 1 unspecified atom stereocenters. The largest absolute Gasteiger partial charge is 0.489 e. The van der Waals surface area contributed by atoms with Gasteiger partial charge in [0, 0.05) is 29.6 Å². The molecule has 1 heterocycles.